The second-order valence-electron chi connectivity index (χ2n) is 6.04. The number of ether oxygens (including phenoxy) is 1. The zero-order valence-corrected chi connectivity index (χ0v) is 17.3. The van der Waals surface area contributed by atoms with E-state index in [0.717, 1.165) is 25.7 Å². The first-order valence-corrected chi connectivity index (χ1v) is 10.7. The lowest BCUT2D eigenvalue weighted by molar-refractivity contribution is -0.147. The number of aromatic nitrogens is 1. The van der Waals surface area contributed by atoms with Crippen LogP contribution < -0.4 is 0 Å². The molecule has 0 saturated heterocycles. The Bertz CT molecular complexity index is 963. The number of hydrogen-bond donors (Lipinski definition) is 0. The van der Waals surface area contributed by atoms with Gasteiger partial charge in [0.1, 0.15) is 5.01 Å². The number of para-hydroxylation sites is 1. The summed E-state index contributed by atoms with van der Waals surface area (Å²) in [5.41, 5.74) is 1.82. The molecule has 0 aliphatic carbocycles. The van der Waals surface area contributed by atoms with Crippen molar-refractivity contribution in [3.63, 3.8) is 0 Å². The molecular weight excluding hydrogens is 392 g/mol. The molecule has 5 nitrogen and oxygen atoms in total. The van der Waals surface area contributed by atoms with E-state index >= 15 is 0 Å². The van der Waals surface area contributed by atoms with Crippen molar-refractivity contribution in [1.29, 1.82) is 0 Å². The maximum Gasteiger partial charge on any atom is 0.331 e. The summed E-state index contributed by atoms with van der Waals surface area (Å²) in [6.07, 6.45) is 5.00. The van der Waals surface area contributed by atoms with Crippen molar-refractivity contribution < 1.29 is 14.3 Å². The van der Waals surface area contributed by atoms with Gasteiger partial charge in [-0.3, -0.25) is 4.79 Å². The summed E-state index contributed by atoms with van der Waals surface area (Å²) in [6.45, 7) is 0.0866. The van der Waals surface area contributed by atoms with Gasteiger partial charge in [0.2, 0.25) is 0 Å². The minimum atomic E-state index is -0.546. The average molecular weight is 413 g/mol. The van der Waals surface area contributed by atoms with E-state index in [9.17, 15) is 9.59 Å². The van der Waals surface area contributed by atoms with Crippen molar-refractivity contribution in [3.8, 4) is 0 Å². The number of amides is 1. The molecule has 0 fully saturated rings. The minimum absolute atomic E-state index is 0.273. The van der Waals surface area contributed by atoms with Gasteiger partial charge in [0.05, 0.1) is 16.8 Å². The molecule has 0 atom stereocenters. The summed E-state index contributed by atoms with van der Waals surface area (Å²) in [5, 5.41) is 0.844. The lowest BCUT2D eigenvalue weighted by atomic mass is 10.2. The average Bonchev–Trinajstić information content (AvgIpc) is 3.13. The van der Waals surface area contributed by atoms with E-state index < -0.39 is 5.97 Å². The van der Waals surface area contributed by atoms with Gasteiger partial charge >= 0.3 is 5.97 Å². The van der Waals surface area contributed by atoms with Crippen LogP contribution in [-0.2, 0) is 20.9 Å². The van der Waals surface area contributed by atoms with E-state index in [-0.39, 0.29) is 12.5 Å². The molecule has 1 heterocycles. The Hall–Kier alpha value is -2.64. The molecule has 28 heavy (non-hydrogen) atoms. The Morgan fingerprint density at radius 2 is 1.93 bits per heavy atom. The molecule has 2 aromatic carbocycles. The minimum Gasteiger partial charge on any atom is -0.452 e. The van der Waals surface area contributed by atoms with E-state index in [2.05, 4.69) is 4.98 Å². The van der Waals surface area contributed by atoms with Crippen molar-refractivity contribution in [2.75, 3.05) is 19.9 Å². The lowest BCUT2D eigenvalue weighted by Gasteiger charge is -2.15. The third-order valence-electron chi connectivity index (χ3n) is 4.00. The molecule has 0 N–H and O–H groups in total. The molecule has 0 radical (unpaired) electrons. The molecule has 3 rings (SSSR count). The molecule has 3 aromatic rings. The first-order valence-electron chi connectivity index (χ1n) is 8.62. The number of carbonyl (C=O) groups excluding carboxylic acids is 2. The van der Waals surface area contributed by atoms with E-state index in [1.807, 2.05) is 54.8 Å². The molecule has 0 aliphatic rings. The molecule has 1 amide bonds. The maximum atomic E-state index is 12.2. The second kappa shape index (κ2) is 9.52. The zero-order valence-electron chi connectivity index (χ0n) is 15.6. The normalized spacial score (nSPS) is 11.1. The van der Waals surface area contributed by atoms with Crippen molar-refractivity contribution in [2.45, 2.75) is 11.4 Å². The molecular formula is C21H20N2O3S2. The summed E-state index contributed by atoms with van der Waals surface area (Å²) in [6, 6.07) is 15.7. The van der Waals surface area contributed by atoms with Crippen LogP contribution >= 0.6 is 23.1 Å². The smallest absolute Gasteiger partial charge is 0.331 e. The first kappa shape index (κ1) is 20.1. The first-order chi connectivity index (χ1) is 13.5. The van der Waals surface area contributed by atoms with Crippen LogP contribution in [0.5, 0.6) is 0 Å². The van der Waals surface area contributed by atoms with Crippen molar-refractivity contribution in [3.05, 3.63) is 65.2 Å². The fraction of sp³-hybridized carbons (Fsp3) is 0.190. The third kappa shape index (κ3) is 5.43. The number of fused-ring (bicyclic) bond motifs is 1. The number of carbonyl (C=O) groups is 2. The monoisotopic (exact) mass is 412 g/mol. The van der Waals surface area contributed by atoms with Gasteiger partial charge < -0.3 is 9.64 Å². The highest BCUT2D eigenvalue weighted by molar-refractivity contribution is 7.98. The van der Waals surface area contributed by atoms with E-state index in [0.29, 0.717) is 6.54 Å². The van der Waals surface area contributed by atoms with Gasteiger partial charge in [0, 0.05) is 18.0 Å². The van der Waals surface area contributed by atoms with Gasteiger partial charge in [-0.05, 0) is 42.2 Å². The number of likely N-dealkylation sites (N-methyl/N-ethyl adjacent to an activating group) is 1. The summed E-state index contributed by atoms with van der Waals surface area (Å²) in [7, 11) is 1.67. The Morgan fingerprint density at radius 1 is 1.18 bits per heavy atom. The summed E-state index contributed by atoms with van der Waals surface area (Å²) < 4.78 is 6.13. The van der Waals surface area contributed by atoms with Crippen LogP contribution in [0.2, 0.25) is 0 Å². The number of esters is 1. The van der Waals surface area contributed by atoms with Gasteiger partial charge in [0.15, 0.2) is 6.61 Å². The molecule has 144 valence electrons. The fourth-order valence-corrected chi connectivity index (χ4v) is 3.88. The van der Waals surface area contributed by atoms with Crippen LogP contribution in [0.4, 0.5) is 0 Å². The Balaban J connectivity index is 1.48. The Labute approximate surface area is 172 Å². The summed E-state index contributed by atoms with van der Waals surface area (Å²) in [4.78, 5) is 31.2. The quantitative estimate of drug-likeness (QED) is 0.330. The third-order valence-corrected chi connectivity index (χ3v) is 5.77. The van der Waals surface area contributed by atoms with E-state index in [1.165, 1.54) is 11.0 Å². The number of benzene rings is 2. The van der Waals surface area contributed by atoms with Gasteiger partial charge in [-0.15, -0.1) is 23.1 Å². The molecule has 0 unspecified atom stereocenters. The molecule has 0 saturated carbocycles. The molecule has 7 heteroatoms. The van der Waals surface area contributed by atoms with E-state index in [1.54, 1.807) is 36.2 Å². The fourth-order valence-electron chi connectivity index (χ4n) is 2.45. The van der Waals surface area contributed by atoms with Crippen LogP contribution in [0.25, 0.3) is 16.3 Å². The van der Waals surface area contributed by atoms with Crippen molar-refractivity contribution in [1.82, 2.24) is 9.88 Å². The highest BCUT2D eigenvalue weighted by Gasteiger charge is 2.13. The number of nitrogens with zero attached hydrogens (tertiary/aromatic N) is 2. The van der Waals surface area contributed by atoms with Crippen molar-refractivity contribution >= 4 is 51.3 Å². The van der Waals surface area contributed by atoms with Crippen LogP contribution in [0, 0.1) is 0 Å². The Kier molecular flexibility index (Phi) is 6.84. The number of rotatable bonds is 7. The predicted molar refractivity (Wildman–Crippen MR) is 114 cm³/mol. The highest BCUT2D eigenvalue weighted by atomic mass is 32.2. The van der Waals surface area contributed by atoms with Crippen LogP contribution in [-0.4, -0.2) is 41.7 Å². The molecule has 1 aromatic heterocycles. The SMILES string of the molecule is CSc1ccc(/C=C/C(=O)OCC(=O)N(C)Cc2nc3ccccc3s2)cc1. The van der Waals surface area contributed by atoms with Gasteiger partial charge in [0.25, 0.3) is 5.91 Å². The Morgan fingerprint density at radius 3 is 2.64 bits per heavy atom. The number of thioether (sulfide) groups is 1. The largest absolute Gasteiger partial charge is 0.452 e. The summed E-state index contributed by atoms with van der Waals surface area (Å²) >= 11 is 3.21. The van der Waals surface area contributed by atoms with Crippen LogP contribution in [0.15, 0.2) is 59.5 Å². The topological polar surface area (TPSA) is 59.5 Å². The molecule has 0 bridgehead atoms. The van der Waals surface area contributed by atoms with E-state index in [4.69, 9.17) is 4.74 Å². The van der Waals surface area contributed by atoms with Gasteiger partial charge in [-0.2, -0.15) is 0 Å². The lowest BCUT2D eigenvalue weighted by Crippen LogP contribution is -2.30. The maximum absolute atomic E-state index is 12.2. The standard InChI is InChI=1S/C21H20N2O3S2/c1-23(13-19-22-17-5-3-4-6-18(17)28-19)20(24)14-26-21(25)12-9-15-7-10-16(27-2)11-8-15/h3-12H,13-14H2,1-2H3/b12-9+. The summed E-state index contributed by atoms with van der Waals surface area (Å²) in [5.74, 6) is -0.819. The van der Waals surface area contributed by atoms with Crippen LogP contribution in [0.3, 0.4) is 0 Å². The van der Waals surface area contributed by atoms with Gasteiger partial charge in [-0.25, -0.2) is 9.78 Å². The molecule has 0 spiro atoms. The van der Waals surface area contributed by atoms with Crippen molar-refractivity contribution in [2.24, 2.45) is 0 Å². The second-order valence-corrected chi connectivity index (χ2v) is 8.03. The zero-order chi connectivity index (χ0) is 19.9. The van der Waals surface area contributed by atoms with Gasteiger partial charge in [-0.1, -0.05) is 24.3 Å². The number of hydrogen-bond acceptors (Lipinski definition) is 6. The number of thiazole rings is 1. The van der Waals surface area contributed by atoms with Crippen LogP contribution in [0.1, 0.15) is 10.6 Å². The predicted octanol–water partition coefficient (Wildman–Crippen LogP) is 4.23. The highest BCUT2D eigenvalue weighted by Crippen LogP contribution is 2.22. The molecule has 0 aliphatic heterocycles.